The molecule has 3 rings (SSSR count). The molecular formula is C13H17N3O3. The average Bonchev–Trinajstić information content (AvgIpc) is 2.67. The Labute approximate surface area is 110 Å². The van der Waals surface area contributed by atoms with Crippen LogP contribution in [0.4, 0.5) is 0 Å². The number of ether oxygens (including phenoxy) is 2. The zero-order valence-corrected chi connectivity index (χ0v) is 10.6. The summed E-state index contributed by atoms with van der Waals surface area (Å²) in [5, 5.41) is 9.90. The van der Waals surface area contributed by atoms with E-state index in [0.717, 1.165) is 17.5 Å². The number of aromatic amines is 1. The molecule has 0 saturated carbocycles. The maximum absolute atomic E-state index is 9.90. The van der Waals surface area contributed by atoms with Crippen LogP contribution in [-0.2, 0) is 0 Å². The number of nitrogens with zero attached hydrogens (tertiary/aromatic N) is 1. The molecule has 1 atom stereocenters. The first-order valence-electron chi connectivity index (χ1n) is 6.45. The van der Waals surface area contributed by atoms with Crippen molar-refractivity contribution in [2.24, 2.45) is 5.73 Å². The molecule has 1 aliphatic heterocycles. The molecule has 19 heavy (non-hydrogen) atoms. The van der Waals surface area contributed by atoms with Crippen molar-refractivity contribution in [2.75, 3.05) is 19.8 Å². The van der Waals surface area contributed by atoms with Crippen LogP contribution in [0.3, 0.4) is 0 Å². The molecule has 2 heterocycles. The standard InChI is InChI=1S/C13H17N3O3/c14-3-2-10(17)13-15-8-6-11-12(7-9(8)16-13)19-5-1-4-18-11/h6-7,10,17H,1-5,14H2,(H,15,16). The summed E-state index contributed by atoms with van der Waals surface area (Å²) >= 11 is 0. The number of aliphatic hydroxyl groups excluding tert-OH is 1. The number of hydrogen-bond donors (Lipinski definition) is 3. The summed E-state index contributed by atoms with van der Waals surface area (Å²) in [5.74, 6) is 1.95. The van der Waals surface area contributed by atoms with E-state index in [9.17, 15) is 5.11 Å². The number of nitrogens with one attached hydrogen (secondary N) is 1. The average molecular weight is 263 g/mol. The van der Waals surface area contributed by atoms with Gasteiger partial charge in [0, 0.05) is 18.6 Å². The Bertz CT molecular complexity index is 539. The summed E-state index contributed by atoms with van der Waals surface area (Å²) in [6.07, 6.45) is 0.683. The van der Waals surface area contributed by atoms with Crippen LogP contribution in [0.2, 0.25) is 0 Å². The molecular weight excluding hydrogens is 246 g/mol. The molecule has 0 saturated heterocycles. The van der Waals surface area contributed by atoms with E-state index in [1.54, 1.807) is 0 Å². The van der Waals surface area contributed by atoms with Crippen molar-refractivity contribution in [3.63, 3.8) is 0 Å². The number of hydrogen-bond acceptors (Lipinski definition) is 5. The minimum Gasteiger partial charge on any atom is -0.489 e. The van der Waals surface area contributed by atoms with E-state index in [1.165, 1.54) is 0 Å². The van der Waals surface area contributed by atoms with E-state index >= 15 is 0 Å². The predicted octanol–water partition coefficient (Wildman–Crippen LogP) is 1.11. The van der Waals surface area contributed by atoms with E-state index in [0.29, 0.717) is 43.5 Å². The van der Waals surface area contributed by atoms with E-state index in [1.807, 2.05) is 12.1 Å². The Kier molecular flexibility index (Phi) is 3.27. The van der Waals surface area contributed by atoms with E-state index in [2.05, 4.69) is 9.97 Å². The van der Waals surface area contributed by atoms with Gasteiger partial charge in [0.1, 0.15) is 11.9 Å². The molecule has 2 aromatic rings. The van der Waals surface area contributed by atoms with Crippen LogP contribution in [0.5, 0.6) is 11.5 Å². The number of aliphatic hydroxyl groups is 1. The van der Waals surface area contributed by atoms with Crippen LogP contribution in [-0.4, -0.2) is 34.8 Å². The number of fused-ring (bicyclic) bond motifs is 2. The quantitative estimate of drug-likeness (QED) is 0.771. The Balaban J connectivity index is 1.99. The fourth-order valence-corrected chi connectivity index (χ4v) is 2.14. The van der Waals surface area contributed by atoms with Gasteiger partial charge in [-0.3, -0.25) is 0 Å². The third-order valence-electron chi connectivity index (χ3n) is 3.13. The second kappa shape index (κ2) is 5.07. The van der Waals surface area contributed by atoms with Crippen molar-refractivity contribution in [3.8, 4) is 11.5 Å². The zero-order valence-electron chi connectivity index (χ0n) is 10.6. The molecule has 0 radical (unpaired) electrons. The van der Waals surface area contributed by atoms with Gasteiger partial charge in [0.25, 0.3) is 0 Å². The largest absolute Gasteiger partial charge is 0.489 e. The van der Waals surface area contributed by atoms with E-state index in [-0.39, 0.29) is 0 Å². The van der Waals surface area contributed by atoms with Crippen molar-refractivity contribution in [2.45, 2.75) is 18.9 Å². The molecule has 0 bridgehead atoms. The Morgan fingerprint density at radius 2 is 2.05 bits per heavy atom. The van der Waals surface area contributed by atoms with Crippen molar-refractivity contribution >= 4 is 11.0 Å². The summed E-state index contributed by atoms with van der Waals surface area (Å²) in [7, 11) is 0. The molecule has 6 nitrogen and oxygen atoms in total. The number of imidazole rings is 1. The molecule has 4 N–H and O–H groups in total. The minimum atomic E-state index is -0.668. The Hall–Kier alpha value is -1.79. The van der Waals surface area contributed by atoms with Crippen LogP contribution >= 0.6 is 0 Å². The van der Waals surface area contributed by atoms with E-state index < -0.39 is 6.10 Å². The first-order valence-corrected chi connectivity index (χ1v) is 6.45. The monoisotopic (exact) mass is 263 g/mol. The van der Waals surface area contributed by atoms with Gasteiger partial charge in [-0.2, -0.15) is 0 Å². The second-order valence-corrected chi connectivity index (χ2v) is 4.58. The van der Waals surface area contributed by atoms with Crippen LogP contribution in [0.25, 0.3) is 11.0 Å². The highest BCUT2D eigenvalue weighted by atomic mass is 16.5. The molecule has 102 valence electrons. The fourth-order valence-electron chi connectivity index (χ4n) is 2.14. The van der Waals surface area contributed by atoms with Crippen LogP contribution in [0.15, 0.2) is 12.1 Å². The number of aromatic nitrogens is 2. The highest BCUT2D eigenvalue weighted by Crippen LogP contribution is 2.33. The molecule has 0 spiro atoms. The SMILES string of the molecule is NCCC(O)c1nc2cc3c(cc2[nH]1)OCCCO3. The molecule has 1 aromatic carbocycles. The summed E-state index contributed by atoms with van der Waals surface area (Å²) in [4.78, 5) is 7.47. The minimum absolute atomic E-state index is 0.418. The van der Waals surface area contributed by atoms with Gasteiger partial charge in [0.2, 0.25) is 0 Å². The van der Waals surface area contributed by atoms with Crippen LogP contribution < -0.4 is 15.2 Å². The maximum atomic E-state index is 9.90. The van der Waals surface area contributed by atoms with Gasteiger partial charge in [0.05, 0.1) is 24.2 Å². The first-order chi connectivity index (χ1) is 9.28. The number of rotatable bonds is 3. The van der Waals surface area contributed by atoms with Gasteiger partial charge in [-0.15, -0.1) is 0 Å². The number of nitrogens with two attached hydrogens (primary N) is 1. The lowest BCUT2D eigenvalue weighted by atomic mass is 10.2. The van der Waals surface area contributed by atoms with Crippen molar-refractivity contribution < 1.29 is 14.6 Å². The highest BCUT2D eigenvalue weighted by Gasteiger charge is 2.16. The van der Waals surface area contributed by atoms with Crippen LogP contribution in [0, 0.1) is 0 Å². The third-order valence-corrected chi connectivity index (χ3v) is 3.13. The lowest BCUT2D eigenvalue weighted by Crippen LogP contribution is -2.07. The smallest absolute Gasteiger partial charge is 0.163 e. The number of benzene rings is 1. The van der Waals surface area contributed by atoms with Crippen LogP contribution in [0.1, 0.15) is 24.8 Å². The summed E-state index contributed by atoms with van der Waals surface area (Å²) in [6, 6.07) is 3.70. The van der Waals surface area contributed by atoms with Gasteiger partial charge in [-0.1, -0.05) is 0 Å². The van der Waals surface area contributed by atoms with Gasteiger partial charge >= 0.3 is 0 Å². The Morgan fingerprint density at radius 3 is 2.79 bits per heavy atom. The van der Waals surface area contributed by atoms with Gasteiger partial charge in [-0.25, -0.2) is 4.98 Å². The van der Waals surface area contributed by atoms with Crippen molar-refractivity contribution in [1.29, 1.82) is 0 Å². The van der Waals surface area contributed by atoms with Gasteiger partial charge < -0.3 is 25.3 Å². The zero-order chi connectivity index (χ0) is 13.2. The van der Waals surface area contributed by atoms with Crippen molar-refractivity contribution in [1.82, 2.24) is 9.97 Å². The molecule has 0 aliphatic carbocycles. The van der Waals surface area contributed by atoms with Crippen molar-refractivity contribution in [3.05, 3.63) is 18.0 Å². The molecule has 0 fully saturated rings. The lowest BCUT2D eigenvalue weighted by Gasteiger charge is -2.05. The molecule has 1 aromatic heterocycles. The molecule has 6 heteroatoms. The molecule has 1 unspecified atom stereocenters. The fraction of sp³-hybridized carbons (Fsp3) is 0.462. The summed E-state index contributed by atoms with van der Waals surface area (Å²) in [5.41, 5.74) is 7.02. The lowest BCUT2D eigenvalue weighted by molar-refractivity contribution is 0.162. The number of H-pyrrole nitrogens is 1. The summed E-state index contributed by atoms with van der Waals surface area (Å²) < 4.78 is 11.2. The second-order valence-electron chi connectivity index (χ2n) is 4.58. The van der Waals surface area contributed by atoms with E-state index in [4.69, 9.17) is 15.2 Å². The predicted molar refractivity (Wildman–Crippen MR) is 70.3 cm³/mol. The molecule has 0 amide bonds. The summed E-state index contributed by atoms with van der Waals surface area (Å²) in [6.45, 7) is 1.71. The third kappa shape index (κ3) is 2.36. The maximum Gasteiger partial charge on any atom is 0.163 e. The van der Waals surface area contributed by atoms with Gasteiger partial charge in [0.15, 0.2) is 11.5 Å². The first kappa shape index (κ1) is 12.3. The molecule has 1 aliphatic rings. The topological polar surface area (TPSA) is 93.4 Å². The Morgan fingerprint density at radius 1 is 1.32 bits per heavy atom. The van der Waals surface area contributed by atoms with Gasteiger partial charge in [-0.05, 0) is 13.0 Å². The highest BCUT2D eigenvalue weighted by molar-refractivity contribution is 5.79. The normalized spacial score (nSPS) is 16.3.